The first-order valence-corrected chi connectivity index (χ1v) is 9.94. The molecular formula is C16H13F2N3O3S2. The zero-order valence-corrected chi connectivity index (χ0v) is 15.0. The van der Waals surface area contributed by atoms with E-state index in [0.717, 1.165) is 18.4 Å². The van der Waals surface area contributed by atoms with Gasteiger partial charge in [-0.2, -0.15) is 0 Å². The van der Waals surface area contributed by atoms with Gasteiger partial charge in [0.05, 0.1) is 17.6 Å². The molecule has 0 fully saturated rings. The Balaban J connectivity index is 2.05. The summed E-state index contributed by atoms with van der Waals surface area (Å²) in [4.78, 5) is 4.14. The average molecular weight is 397 g/mol. The highest BCUT2D eigenvalue weighted by Crippen LogP contribution is 2.36. The van der Waals surface area contributed by atoms with Crippen molar-refractivity contribution in [2.24, 2.45) is 0 Å². The first kappa shape index (κ1) is 18.1. The van der Waals surface area contributed by atoms with E-state index in [2.05, 4.69) is 9.71 Å². The van der Waals surface area contributed by atoms with Gasteiger partial charge in [0.25, 0.3) is 0 Å². The van der Waals surface area contributed by atoms with Crippen LogP contribution in [0.25, 0.3) is 11.3 Å². The van der Waals surface area contributed by atoms with Gasteiger partial charge in [0.15, 0.2) is 22.4 Å². The van der Waals surface area contributed by atoms with Gasteiger partial charge in [-0.25, -0.2) is 22.2 Å². The van der Waals surface area contributed by atoms with Gasteiger partial charge in [-0.15, -0.1) is 11.3 Å². The summed E-state index contributed by atoms with van der Waals surface area (Å²) in [6.45, 7) is 0. The maximum atomic E-state index is 13.9. The molecule has 3 N–H and O–H groups in total. The van der Waals surface area contributed by atoms with Crippen LogP contribution in [0, 0.1) is 11.6 Å². The molecule has 26 heavy (non-hydrogen) atoms. The van der Waals surface area contributed by atoms with Crippen molar-refractivity contribution in [3.05, 3.63) is 53.4 Å². The molecule has 0 unspecified atom stereocenters. The molecule has 0 aliphatic carbocycles. The van der Waals surface area contributed by atoms with Crippen LogP contribution in [-0.2, 0) is 10.0 Å². The van der Waals surface area contributed by atoms with Crippen molar-refractivity contribution in [1.29, 1.82) is 0 Å². The van der Waals surface area contributed by atoms with Crippen LogP contribution >= 0.6 is 11.3 Å². The van der Waals surface area contributed by atoms with E-state index in [9.17, 15) is 17.2 Å². The van der Waals surface area contributed by atoms with E-state index >= 15 is 0 Å². The molecule has 2 aromatic carbocycles. The summed E-state index contributed by atoms with van der Waals surface area (Å²) in [6, 6.07) is 7.39. The van der Waals surface area contributed by atoms with Gasteiger partial charge in [0.1, 0.15) is 5.82 Å². The van der Waals surface area contributed by atoms with Crippen molar-refractivity contribution in [3.8, 4) is 22.8 Å². The lowest BCUT2D eigenvalue weighted by Gasteiger charge is -2.14. The fraction of sp³-hybridized carbons (Fsp3) is 0.0625. The van der Waals surface area contributed by atoms with E-state index in [1.165, 1.54) is 23.5 Å². The quantitative estimate of drug-likeness (QED) is 0.682. The van der Waals surface area contributed by atoms with E-state index < -0.39 is 21.7 Å². The Morgan fingerprint density at radius 1 is 1.15 bits per heavy atom. The number of hydrogen-bond acceptors (Lipinski definition) is 6. The summed E-state index contributed by atoms with van der Waals surface area (Å²) in [6.07, 6.45) is 0.976. The lowest BCUT2D eigenvalue weighted by Crippen LogP contribution is -2.10. The minimum atomic E-state index is -3.60. The van der Waals surface area contributed by atoms with Crippen LogP contribution in [0.4, 0.5) is 19.6 Å². The number of nitrogen functional groups attached to an aromatic ring is 1. The van der Waals surface area contributed by atoms with E-state index in [-0.39, 0.29) is 17.2 Å². The second-order valence-corrected chi connectivity index (χ2v) is 7.97. The summed E-state index contributed by atoms with van der Waals surface area (Å²) >= 11 is 1.24. The number of nitrogens with zero attached hydrogens (tertiary/aromatic N) is 1. The first-order chi connectivity index (χ1) is 12.2. The molecule has 6 nitrogen and oxygen atoms in total. The maximum Gasteiger partial charge on any atom is 0.229 e. The minimum Gasteiger partial charge on any atom is -0.452 e. The monoisotopic (exact) mass is 397 g/mol. The number of benzene rings is 2. The Morgan fingerprint density at radius 2 is 1.92 bits per heavy atom. The Morgan fingerprint density at radius 3 is 2.54 bits per heavy atom. The molecule has 1 aromatic heterocycles. The molecule has 0 amide bonds. The number of hydrogen-bond donors (Lipinski definition) is 2. The van der Waals surface area contributed by atoms with Crippen LogP contribution in [0.2, 0.25) is 0 Å². The standard InChI is InChI=1S/C16H13F2N3O3S2/c1-26(22,23)21-12-4-2-9(13-8-25-16(19)20-13)6-15(12)24-14-5-3-10(17)7-11(14)18/h2-8,21H,1H3,(H2,19,20). The van der Waals surface area contributed by atoms with Gasteiger partial charge in [-0.3, -0.25) is 4.72 Å². The average Bonchev–Trinajstić information content (AvgIpc) is 2.97. The van der Waals surface area contributed by atoms with Crippen molar-refractivity contribution in [2.75, 3.05) is 16.7 Å². The zero-order valence-electron chi connectivity index (χ0n) is 13.4. The first-order valence-electron chi connectivity index (χ1n) is 7.17. The minimum absolute atomic E-state index is 0.0324. The number of aromatic nitrogens is 1. The SMILES string of the molecule is CS(=O)(=O)Nc1ccc(-c2csc(N)n2)cc1Oc1ccc(F)cc1F. The Hall–Kier alpha value is -2.72. The molecule has 0 saturated heterocycles. The highest BCUT2D eigenvalue weighted by atomic mass is 32.2. The second-order valence-electron chi connectivity index (χ2n) is 5.33. The Bertz CT molecular complexity index is 1070. The van der Waals surface area contributed by atoms with E-state index in [4.69, 9.17) is 10.5 Å². The van der Waals surface area contributed by atoms with E-state index in [1.807, 2.05) is 0 Å². The number of ether oxygens (including phenoxy) is 1. The van der Waals surface area contributed by atoms with E-state index in [1.54, 1.807) is 11.4 Å². The summed E-state index contributed by atoms with van der Waals surface area (Å²) in [5.41, 5.74) is 6.87. The highest BCUT2D eigenvalue weighted by molar-refractivity contribution is 7.92. The topological polar surface area (TPSA) is 94.3 Å². The molecule has 1 heterocycles. The van der Waals surface area contributed by atoms with Crippen molar-refractivity contribution in [1.82, 2.24) is 4.98 Å². The van der Waals surface area contributed by atoms with Crippen LogP contribution in [-0.4, -0.2) is 19.7 Å². The van der Waals surface area contributed by atoms with Crippen molar-refractivity contribution in [3.63, 3.8) is 0 Å². The molecule has 0 bridgehead atoms. The molecule has 0 aliphatic heterocycles. The fourth-order valence-electron chi connectivity index (χ4n) is 2.15. The number of thiazole rings is 1. The second kappa shape index (κ2) is 6.89. The van der Waals surface area contributed by atoms with Crippen LogP contribution in [0.5, 0.6) is 11.5 Å². The Kier molecular flexibility index (Phi) is 4.79. The molecule has 136 valence electrons. The largest absolute Gasteiger partial charge is 0.452 e. The van der Waals surface area contributed by atoms with Gasteiger partial charge in [-0.1, -0.05) is 6.07 Å². The summed E-state index contributed by atoms with van der Waals surface area (Å²) in [5, 5.41) is 2.08. The predicted octanol–water partition coefficient (Wildman–Crippen LogP) is 3.83. The summed E-state index contributed by atoms with van der Waals surface area (Å²) < 4.78 is 57.9. The lowest BCUT2D eigenvalue weighted by molar-refractivity contribution is 0.439. The van der Waals surface area contributed by atoms with Crippen LogP contribution in [0.1, 0.15) is 0 Å². The molecular weight excluding hydrogens is 384 g/mol. The molecule has 0 atom stereocenters. The molecule has 3 aromatic rings. The third kappa shape index (κ3) is 4.27. The van der Waals surface area contributed by atoms with Crippen molar-refractivity contribution >= 4 is 32.2 Å². The van der Waals surface area contributed by atoms with Crippen LogP contribution < -0.4 is 15.2 Å². The number of rotatable bonds is 5. The van der Waals surface area contributed by atoms with Crippen molar-refractivity contribution < 1.29 is 21.9 Å². The fourth-order valence-corrected chi connectivity index (χ4v) is 3.29. The van der Waals surface area contributed by atoms with Gasteiger partial charge in [0.2, 0.25) is 10.0 Å². The molecule has 0 aliphatic rings. The molecule has 10 heteroatoms. The van der Waals surface area contributed by atoms with Gasteiger partial charge in [-0.05, 0) is 24.3 Å². The third-order valence-corrected chi connectivity index (χ3v) is 4.47. The highest BCUT2D eigenvalue weighted by Gasteiger charge is 2.15. The predicted molar refractivity (Wildman–Crippen MR) is 96.9 cm³/mol. The number of anilines is 2. The smallest absolute Gasteiger partial charge is 0.229 e. The number of nitrogens with one attached hydrogen (secondary N) is 1. The summed E-state index contributed by atoms with van der Waals surface area (Å²) in [5.74, 6) is -1.89. The molecule has 0 radical (unpaired) electrons. The van der Waals surface area contributed by atoms with Crippen molar-refractivity contribution in [2.45, 2.75) is 0 Å². The van der Waals surface area contributed by atoms with Gasteiger partial charge < -0.3 is 10.5 Å². The summed E-state index contributed by atoms with van der Waals surface area (Å²) in [7, 11) is -3.60. The molecule has 0 saturated carbocycles. The van der Waals surface area contributed by atoms with Crippen LogP contribution in [0.15, 0.2) is 41.8 Å². The number of sulfonamides is 1. The molecule has 3 rings (SSSR count). The third-order valence-electron chi connectivity index (χ3n) is 3.21. The number of halogens is 2. The lowest BCUT2D eigenvalue weighted by atomic mass is 10.1. The zero-order chi connectivity index (χ0) is 18.9. The Labute approximate surface area is 152 Å². The number of nitrogens with two attached hydrogens (primary N) is 1. The van der Waals surface area contributed by atoms with Gasteiger partial charge in [0, 0.05) is 17.0 Å². The maximum absolute atomic E-state index is 13.9. The van der Waals surface area contributed by atoms with Gasteiger partial charge >= 0.3 is 0 Å². The van der Waals surface area contributed by atoms with Crippen LogP contribution in [0.3, 0.4) is 0 Å². The van der Waals surface area contributed by atoms with E-state index in [0.29, 0.717) is 22.5 Å². The molecule has 0 spiro atoms. The normalized spacial score (nSPS) is 11.3.